The maximum atomic E-state index is 5.37. The molecule has 0 radical (unpaired) electrons. The number of piperidine rings is 1. The maximum Gasteiger partial charge on any atom is 0.232 e. The Morgan fingerprint density at radius 2 is 1.84 bits per heavy atom. The number of aromatic nitrogens is 2. The number of hydrogen-bond acceptors (Lipinski definition) is 6. The summed E-state index contributed by atoms with van der Waals surface area (Å²) in [7, 11) is 3.47. The number of aliphatic imine (C=N–C) groups is 1. The van der Waals surface area contributed by atoms with Crippen molar-refractivity contribution in [2.45, 2.75) is 58.0 Å². The number of nitrogens with zero attached hydrogens (tertiary/aromatic N) is 4. The van der Waals surface area contributed by atoms with Crippen LogP contribution in [-0.4, -0.2) is 54.8 Å². The molecule has 1 aromatic heterocycles. The SMILES string of the molecule is CN=C(NCc1noc(C(C)(C)C)n1)NCC(c1ccc(OC)cc1)N1CCCCC1.I. The van der Waals surface area contributed by atoms with Gasteiger partial charge in [0.25, 0.3) is 0 Å². The number of nitrogens with one attached hydrogen (secondary N) is 2. The molecule has 3 rings (SSSR count). The molecule has 0 saturated carbocycles. The summed E-state index contributed by atoms with van der Waals surface area (Å²) in [5, 5.41) is 10.8. The second kappa shape index (κ2) is 12.4. The van der Waals surface area contributed by atoms with E-state index in [1.165, 1.54) is 24.8 Å². The van der Waals surface area contributed by atoms with Crippen molar-refractivity contribution in [3.63, 3.8) is 0 Å². The number of likely N-dealkylation sites (tertiary alicyclic amines) is 1. The van der Waals surface area contributed by atoms with E-state index < -0.39 is 0 Å². The van der Waals surface area contributed by atoms with Gasteiger partial charge in [0.1, 0.15) is 5.75 Å². The lowest BCUT2D eigenvalue weighted by Crippen LogP contribution is -2.44. The van der Waals surface area contributed by atoms with E-state index in [9.17, 15) is 0 Å². The van der Waals surface area contributed by atoms with Crippen LogP contribution < -0.4 is 15.4 Å². The Kier molecular flexibility index (Phi) is 10.2. The lowest BCUT2D eigenvalue weighted by molar-refractivity contribution is 0.164. The summed E-state index contributed by atoms with van der Waals surface area (Å²) in [6.45, 7) is 9.60. The Balaban J connectivity index is 0.00000363. The molecule has 1 atom stereocenters. The fraction of sp³-hybridized carbons (Fsp3) is 0.609. The third-order valence-electron chi connectivity index (χ3n) is 5.54. The van der Waals surface area contributed by atoms with Crippen molar-refractivity contribution < 1.29 is 9.26 Å². The average molecular weight is 556 g/mol. The largest absolute Gasteiger partial charge is 0.497 e. The lowest BCUT2D eigenvalue weighted by atomic mass is 9.97. The predicted octanol–water partition coefficient (Wildman–Crippen LogP) is 3.89. The zero-order chi connectivity index (χ0) is 22.3. The third kappa shape index (κ3) is 7.33. The number of methoxy groups -OCH3 is 1. The van der Waals surface area contributed by atoms with Crippen LogP contribution in [0, 0.1) is 0 Å². The minimum Gasteiger partial charge on any atom is -0.497 e. The second-order valence-electron chi connectivity index (χ2n) is 8.96. The maximum absolute atomic E-state index is 5.37. The average Bonchev–Trinajstić information content (AvgIpc) is 3.27. The first-order valence-electron chi connectivity index (χ1n) is 11.1. The van der Waals surface area contributed by atoms with Gasteiger partial charge in [0.15, 0.2) is 11.8 Å². The highest BCUT2D eigenvalue weighted by Gasteiger charge is 2.23. The molecule has 2 heterocycles. The molecule has 1 unspecified atom stereocenters. The smallest absolute Gasteiger partial charge is 0.232 e. The van der Waals surface area contributed by atoms with Gasteiger partial charge in [0, 0.05) is 19.0 Å². The highest BCUT2D eigenvalue weighted by molar-refractivity contribution is 14.0. The van der Waals surface area contributed by atoms with Crippen molar-refractivity contribution in [3.05, 3.63) is 41.5 Å². The van der Waals surface area contributed by atoms with Gasteiger partial charge in [-0.05, 0) is 43.6 Å². The molecule has 1 aliphatic heterocycles. The molecule has 2 N–H and O–H groups in total. The molecule has 0 aliphatic carbocycles. The van der Waals surface area contributed by atoms with E-state index in [1.807, 2.05) is 12.1 Å². The van der Waals surface area contributed by atoms with Crippen molar-refractivity contribution in [3.8, 4) is 5.75 Å². The summed E-state index contributed by atoms with van der Waals surface area (Å²) in [6, 6.07) is 8.64. The van der Waals surface area contributed by atoms with E-state index in [4.69, 9.17) is 9.26 Å². The summed E-state index contributed by atoms with van der Waals surface area (Å²) < 4.78 is 10.7. The molecule has 1 aliphatic rings. The summed E-state index contributed by atoms with van der Waals surface area (Å²) >= 11 is 0. The van der Waals surface area contributed by atoms with E-state index in [1.54, 1.807) is 14.2 Å². The molecule has 9 heteroatoms. The van der Waals surface area contributed by atoms with E-state index >= 15 is 0 Å². The number of hydrogen-bond donors (Lipinski definition) is 2. The van der Waals surface area contributed by atoms with Gasteiger partial charge >= 0.3 is 0 Å². The van der Waals surface area contributed by atoms with E-state index in [0.717, 1.165) is 31.3 Å². The zero-order valence-corrected chi connectivity index (χ0v) is 22.2. The van der Waals surface area contributed by atoms with Crippen molar-refractivity contribution in [1.29, 1.82) is 0 Å². The Labute approximate surface area is 208 Å². The lowest BCUT2D eigenvalue weighted by Gasteiger charge is -2.35. The van der Waals surface area contributed by atoms with Crippen LogP contribution in [0.5, 0.6) is 5.75 Å². The van der Waals surface area contributed by atoms with Crippen molar-refractivity contribution in [1.82, 2.24) is 25.7 Å². The van der Waals surface area contributed by atoms with Crippen LogP contribution in [-0.2, 0) is 12.0 Å². The molecule has 1 aromatic carbocycles. The summed E-state index contributed by atoms with van der Waals surface area (Å²) in [4.78, 5) is 11.4. The monoisotopic (exact) mass is 556 g/mol. The Hall–Kier alpha value is -1.88. The first kappa shape index (κ1) is 26.4. The molecule has 178 valence electrons. The molecular formula is C23H37IN6O2. The van der Waals surface area contributed by atoms with Gasteiger partial charge in [-0.1, -0.05) is 44.5 Å². The van der Waals surface area contributed by atoms with Gasteiger partial charge in [-0.2, -0.15) is 4.98 Å². The Morgan fingerprint density at radius 1 is 1.16 bits per heavy atom. The second-order valence-corrected chi connectivity index (χ2v) is 8.96. The van der Waals surface area contributed by atoms with Gasteiger partial charge in [-0.15, -0.1) is 24.0 Å². The van der Waals surface area contributed by atoms with Crippen LogP contribution >= 0.6 is 24.0 Å². The number of guanidine groups is 1. The molecule has 0 spiro atoms. The molecular weight excluding hydrogens is 519 g/mol. The fourth-order valence-electron chi connectivity index (χ4n) is 3.72. The van der Waals surface area contributed by atoms with Crippen molar-refractivity contribution >= 4 is 29.9 Å². The number of ether oxygens (including phenoxy) is 1. The first-order chi connectivity index (χ1) is 14.9. The van der Waals surface area contributed by atoms with Crippen LogP contribution in [0.2, 0.25) is 0 Å². The normalized spacial score (nSPS) is 16.2. The first-order valence-corrected chi connectivity index (χ1v) is 11.1. The van der Waals surface area contributed by atoms with Crippen LogP contribution in [0.4, 0.5) is 0 Å². The van der Waals surface area contributed by atoms with Crippen LogP contribution in [0.15, 0.2) is 33.8 Å². The highest BCUT2D eigenvalue weighted by Crippen LogP contribution is 2.26. The Morgan fingerprint density at radius 3 is 2.41 bits per heavy atom. The molecule has 8 nitrogen and oxygen atoms in total. The summed E-state index contributed by atoms with van der Waals surface area (Å²) in [6.07, 6.45) is 3.80. The van der Waals surface area contributed by atoms with Gasteiger partial charge in [-0.25, -0.2) is 0 Å². The molecule has 1 fully saturated rings. The quantitative estimate of drug-likeness (QED) is 0.304. The van der Waals surface area contributed by atoms with Gasteiger partial charge in [-0.3, -0.25) is 9.89 Å². The summed E-state index contributed by atoms with van der Waals surface area (Å²) in [5.41, 5.74) is 1.12. The van der Waals surface area contributed by atoms with Crippen LogP contribution in [0.25, 0.3) is 0 Å². The van der Waals surface area contributed by atoms with Gasteiger partial charge in [0.05, 0.1) is 19.7 Å². The summed E-state index contributed by atoms with van der Waals surface area (Å²) in [5.74, 6) is 2.85. The standard InChI is InChI=1S/C23H36N6O2.HI/c1-23(2,3)21-27-20(28-31-21)16-26-22(24-4)25-15-19(29-13-7-6-8-14-29)17-9-11-18(30-5)12-10-17;/h9-12,19H,6-8,13-16H2,1-5H3,(H2,24,25,26);1H. The van der Waals surface area contributed by atoms with Crippen LogP contribution in [0.3, 0.4) is 0 Å². The number of benzene rings is 1. The zero-order valence-electron chi connectivity index (χ0n) is 19.9. The minimum atomic E-state index is -0.162. The highest BCUT2D eigenvalue weighted by atomic mass is 127. The minimum absolute atomic E-state index is 0. The molecule has 2 aromatic rings. The van der Waals surface area contributed by atoms with E-state index in [-0.39, 0.29) is 35.4 Å². The topological polar surface area (TPSA) is 87.8 Å². The van der Waals surface area contributed by atoms with Crippen molar-refractivity contribution in [2.75, 3.05) is 33.8 Å². The third-order valence-corrected chi connectivity index (χ3v) is 5.54. The van der Waals surface area contributed by atoms with Gasteiger partial charge < -0.3 is 19.9 Å². The number of rotatable bonds is 7. The number of halogens is 1. The molecule has 32 heavy (non-hydrogen) atoms. The molecule has 0 bridgehead atoms. The predicted molar refractivity (Wildman–Crippen MR) is 138 cm³/mol. The van der Waals surface area contributed by atoms with Crippen molar-refractivity contribution in [2.24, 2.45) is 4.99 Å². The van der Waals surface area contributed by atoms with Crippen LogP contribution in [0.1, 0.15) is 63.4 Å². The van der Waals surface area contributed by atoms with E-state index in [2.05, 4.69) is 63.6 Å². The fourth-order valence-corrected chi connectivity index (χ4v) is 3.72. The Bertz CT molecular complexity index is 841. The van der Waals surface area contributed by atoms with Gasteiger partial charge in [0.2, 0.25) is 5.89 Å². The molecule has 1 saturated heterocycles. The van der Waals surface area contributed by atoms with E-state index in [0.29, 0.717) is 18.3 Å². The molecule has 0 amide bonds.